The second kappa shape index (κ2) is 7.24. The van der Waals surface area contributed by atoms with Crippen LogP contribution < -0.4 is 11.1 Å². The zero-order chi connectivity index (χ0) is 19.7. The third kappa shape index (κ3) is 3.37. The molecule has 0 aliphatic heterocycles. The number of amides is 2. The molecule has 0 saturated carbocycles. The summed E-state index contributed by atoms with van der Waals surface area (Å²) >= 11 is 0.996. The van der Waals surface area contributed by atoms with Crippen LogP contribution in [0.3, 0.4) is 0 Å². The second-order valence-corrected chi connectivity index (χ2v) is 7.14. The number of nitrogens with zero attached hydrogens (tertiary/aromatic N) is 2. The molecule has 28 heavy (non-hydrogen) atoms. The number of nitrogens with one attached hydrogen (secondary N) is 1. The number of aromatic nitrogens is 2. The summed E-state index contributed by atoms with van der Waals surface area (Å²) in [7, 11) is 0. The maximum Gasteiger partial charge on any atom is 0.274 e. The van der Waals surface area contributed by atoms with Gasteiger partial charge in [-0.3, -0.25) is 14.9 Å². The molecule has 6 nitrogen and oxygen atoms in total. The number of hydrogen-bond donors (Lipinski definition) is 2. The lowest BCUT2D eigenvalue weighted by Gasteiger charge is -2.11. The number of primary amides is 1. The van der Waals surface area contributed by atoms with Gasteiger partial charge in [0.05, 0.1) is 12.7 Å². The van der Waals surface area contributed by atoms with E-state index in [4.69, 9.17) is 5.73 Å². The Morgan fingerprint density at radius 2 is 1.89 bits per heavy atom. The summed E-state index contributed by atoms with van der Waals surface area (Å²) in [5.41, 5.74) is 6.87. The number of para-hydroxylation sites is 1. The minimum Gasteiger partial charge on any atom is -0.365 e. The minimum atomic E-state index is -0.605. The fourth-order valence-corrected chi connectivity index (χ4v) is 3.64. The summed E-state index contributed by atoms with van der Waals surface area (Å²) in [6, 6.07) is 15.7. The van der Waals surface area contributed by atoms with Crippen LogP contribution in [0.2, 0.25) is 0 Å². The number of carbonyl (C=O) groups is 2. The highest BCUT2D eigenvalue weighted by atomic mass is 32.1. The number of fused-ring (bicyclic) bond motifs is 1. The Bertz CT molecular complexity index is 1200. The van der Waals surface area contributed by atoms with Crippen molar-refractivity contribution in [2.45, 2.75) is 6.54 Å². The maximum atomic E-state index is 14.2. The van der Waals surface area contributed by atoms with Gasteiger partial charge in [-0.15, -0.1) is 0 Å². The van der Waals surface area contributed by atoms with Gasteiger partial charge in [-0.05, 0) is 18.2 Å². The van der Waals surface area contributed by atoms with Crippen molar-refractivity contribution in [2.24, 2.45) is 5.73 Å². The smallest absolute Gasteiger partial charge is 0.274 e. The first-order chi connectivity index (χ1) is 13.5. The van der Waals surface area contributed by atoms with E-state index in [2.05, 4.69) is 10.3 Å². The van der Waals surface area contributed by atoms with Gasteiger partial charge in [-0.2, -0.15) is 0 Å². The highest BCUT2D eigenvalue weighted by molar-refractivity contribution is 7.17. The summed E-state index contributed by atoms with van der Waals surface area (Å²) in [4.78, 5) is 28.4. The highest BCUT2D eigenvalue weighted by Gasteiger charge is 2.18. The Labute approximate surface area is 163 Å². The van der Waals surface area contributed by atoms with Gasteiger partial charge < -0.3 is 10.3 Å². The monoisotopic (exact) mass is 394 g/mol. The van der Waals surface area contributed by atoms with Crippen LogP contribution >= 0.6 is 11.3 Å². The van der Waals surface area contributed by atoms with E-state index in [0.29, 0.717) is 11.3 Å². The molecule has 0 unspecified atom stereocenters. The predicted molar refractivity (Wildman–Crippen MR) is 106 cm³/mol. The second-order valence-electron chi connectivity index (χ2n) is 6.11. The summed E-state index contributed by atoms with van der Waals surface area (Å²) in [5.74, 6) is -1.35. The van der Waals surface area contributed by atoms with Gasteiger partial charge in [0.1, 0.15) is 16.4 Å². The van der Waals surface area contributed by atoms with Crippen molar-refractivity contribution in [3.05, 3.63) is 82.7 Å². The van der Waals surface area contributed by atoms with Crippen LogP contribution in [0.5, 0.6) is 0 Å². The van der Waals surface area contributed by atoms with E-state index in [9.17, 15) is 14.0 Å². The first-order valence-electron chi connectivity index (χ1n) is 8.41. The Morgan fingerprint density at radius 1 is 1.14 bits per heavy atom. The van der Waals surface area contributed by atoms with E-state index < -0.39 is 11.8 Å². The van der Waals surface area contributed by atoms with E-state index in [1.807, 2.05) is 24.3 Å². The van der Waals surface area contributed by atoms with Gasteiger partial charge in [0, 0.05) is 16.5 Å². The fraction of sp³-hybridized carbons (Fsp3) is 0.0500. The van der Waals surface area contributed by atoms with E-state index in [0.717, 1.165) is 22.2 Å². The van der Waals surface area contributed by atoms with Gasteiger partial charge in [-0.25, -0.2) is 9.37 Å². The predicted octanol–water partition coefficient (Wildman–Crippen LogP) is 3.64. The average Bonchev–Trinajstić information content (AvgIpc) is 3.29. The van der Waals surface area contributed by atoms with Crippen molar-refractivity contribution in [3.63, 3.8) is 0 Å². The Balaban J connectivity index is 1.72. The molecule has 0 spiro atoms. The molecule has 2 amide bonds. The van der Waals surface area contributed by atoms with Crippen LogP contribution in [0.25, 0.3) is 10.9 Å². The Kier molecular flexibility index (Phi) is 4.62. The number of thiazole rings is 1. The van der Waals surface area contributed by atoms with Crippen molar-refractivity contribution < 1.29 is 14.0 Å². The standard InChI is InChI=1S/C20H15FN4O2S/c21-14-7-3-1-6-13(14)11-25-15-8-4-2-5-12(15)9-16(25)19(27)24-20-23-10-17(28-20)18(22)26/h1-10H,11H2,(H2,22,26)(H,23,24,27). The summed E-state index contributed by atoms with van der Waals surface area (Å²) in [6.45, 7) is 0.202. The molecule has 0 aliphatic rings. The normalized spacial score (nSPS) is 10.9. The molecular weight excluding hydrogens is 379 g/mol. The minimum absolute atomic E-state index is 0.202. The lowest BCUT2D eigenvalue weighted by Crippen LogP contribution is -2.17. The Hall–Kier alpha value is -3.52. The molecule has 0 saturated heterocycles. The molecule has 4 rings (SSSR count). The van der Waals surface area contributed by atoms with Crippen molar-refractivity contribution in [1.29, 1.82) is 0 Å². The van der Waals surface area contributed by atoms with Crippen LogP contribution in [0.1, 0.15) is 25.7 Å². The van der Waals surface area contributed by atoms with Crippen molar-refractivity contribution in [3.8, 4) is 0 Å². The molecule has 0 aliphatic carbocycles. The number of halogens is 1. The molecule has 0 atom stereocenters. The van der Waals surface area contributed by atoms with Gasteiger partial charge in [0.25, 0.3) is 11.8 Å². The topological polar surface area (TPSA) is 90.0 Å². The number of carbonyl (C=O) groups excluding carboxylic acids is 2. The molecular formula is C20H15FN4O2S. The molecule has 3 N–H and O–H groups in total. The lowest BCUT2D eigenvalue weighted by atomic mass is 10.2. The quantitative estimate of drug-likeness (QED) is 0.542. The summed E-state index contributed by atoms with van der Waals surface area (Å²) < 4.78 is 15.9. The molecule has 4 aromatic rings. The number of rotatable bonds is 5. The van der Waals surface area contributed by atoms with Gasteiger partial charge in [0.15, 0.2) is 5.13 Å². The third-order valence-electron chi connectivity index (χ3n) is 4.30. The summed E-state index contributed by atoms with van der Waals surface area (Å²) in [5, 5.41) is 3.81. The largest absolute Gasteiger partial charge is 0.365 e. The zero-order valence-electron chi connectivity index (χ0n) is 14.6. The van der Waals surface area contributed by atoms with E-state index >= 15 is 0 Å². The number of benzene rings is 2. The van der Waals surface area contributed by atoms with Crippen LogP contribution in [-0.2, 0) is 6.54 Å². The molecule has 2 heterocycles. The number of nitrogens with two attached hydrogens (primary N) is 1. The van der Waals surface area contributed by atoms with Crippen LogP contribution in [0.15, 0.2) is 60.8 Å². The lowest BCUT2D eigenvalue weighted by molar-refractivity contribution is 0.0999. The maximum absolute atomic E-state index is 14.2. The van der Waals surface area contributed by atoms with Crippen molar-refractivity contribution in [2.75, 3.05) is 5.32 Å². The molecule has 8 heteroatoms. The third-order valence-corrected chi connectivity index (χ3v) is 5.23. The van der Waals surface area contributed by atoms with Gasteiger partial charge in [-0.1, -0.05) is 47.7 Å². The van der Waals surface area contributed by atoms with Crippen LogP contribution in [-0.4, -0.2) is 21.4 Å². The first kappa shape index (κ1) is 17.9. The van der Waals surface area contributed by atoms with E-state index in [1.165, 1.54) is 12.3 Å². The van der Waals surface area contributed by atoms with E-state index in [1.54, 1.807) is 28.8 Å². The van der Waals surface area contributed by atoms with Gasteiger partial charge >= 0.3 is 0 Å². The Morgan fingerprint density at radius 3 is 2.64 bits per heavy atom. The summed E-state index contributed by atoms with van der Waals surface area (Å²) in [6.07, 6.45) is 1.32. The molecule has 2 aromatic carbocycles. The first-order valence-corrected chi connectivity index (χ1v) is 9.23. The zero-order valence-corrected chi connectivity index (χ0v) is 15.4. The number of anilines is 1. The molecule has 0 bridgehead atoms. The van der Waals surface area contributed by atoms with Crippen LogP contribution in [0, 0.1) is 5.82 Å². The molecule has 0 fully saturated rings. The highest BCUT2D eigenvalue weighted by Crippen LogP contribution is 2.24. The molecule has 2 aromatic heterocycles. The van der Waals surface area contributed by atoms with E-state index in [-0.39, 0.29) is 22.4 Å². The van der Waals surface area contributed by atoms with Crippen LogP contribution in [0.4, 0.5) is 9.52 Å². The number of hydrogen-bond acceptors (Lipinski definition) is 4. The van der Waals surface area contributed by atoms with Gasteiger partial charge in [0.2, 0.25) is 0 Å². The fourth-order valence-electron chi connectivity index (χ4n) is 2.97. The average molecular weight is 394 g/mol. The van der Waals surface area contributed by atoms with Crippen molar-refractivity contribution in [1.82, 2.24) is 9.55 Å². The molecule has 0 radical (unpaired) electrons. The SMILES string of the molecule is NC(=O)c1cnc(NC(=O)c2cc3ccccc3n2Cc2ccccc2F)s1. The van der Waals surface area contributed by atoms with Crippen molar-refractivity contribution >= 4 is 39.2 Å². The molecule has 140 valence electrons.